The van der Waals surface area contributed by atoms with Crippen LogP contribution in [-0.2, 0) is 6.42 Å². The molecule has 1 heterocycles. The number of hydrogen-bond donors (Lipinski definition) is 1. The number of nitrogens with one attached hydrogen (secondary N) is 1. The van der Waals surface area contributed by atoms with Gasteiger partial charge in [-0.25, -0.2) is 4.98 Å². The van der Waals surface area contributed by atoms with Gasteiger partial charge in [-0.1, -0.05) is 12.1 Å². The van der Waals surface area contributed by atoms with E-state index in [0.29, 0.717) is 12.1 Å². The third-order valence-electron chi connectivity index (χ3n) is 2.74. The molecular formula is C14H17N3OS. The Morgan fingerprint density at radius 3 is 2.84 bits per heavy atom. The maximum absolute atomic E-state index is 12.1. The first-order valence-corrected chi connectivity index (χ1v) is 6.99. The average Bonchev–Trinajstić information content (AvgIpc) is 2.91. The zero-order chi connectivity index (χ0) is 13.7. The van der Waals surface area contributed by atoms with Crippen molar-refractivity contribution in [2.75, 3.05) is 25.5 Å². The highest BCUT2D eigenvalue weighted by molar-refractivity contribution is 7.09. The molecule has 0 saturated heterocycles. The summed E-state index contributed by atoms with van der Waals surface area (Å²) in [7, 11) is 3.86. The van der Waals surface area contributed by atoms with Crippen molar-refractivity contribution in [1.29, 1.82) is 0 Å². The van der Waals surface area contributed by atoms with E-state index in [0.717, 1.165) is 17.1 Å². The van der Waals surface area contributed by atoms with E-state index in [2.05, 4.69) is 10.3 Å². The van der Waals surface area contributed by atoms with Gasteiger partial charge in [0, 0.05) is 44.3 Å². The Bertz CT molecular complexity index is 537. The van der Waals surface area contributed by atoms with E-state index in [1.165, 1.54) is 0 Å². The predicted octanol–water partition coefficient (Wildman–Crippen LogP) is 2.18. The molecular weight excluding hydrogens is 258 g/mol. The minimum atomic E-state index is -0.0409. The molecule has 2 aromatic rings. The van der Waals surface area contributed by atoms with Crippen molar-refractivity contribution in [3.05, 3.63) is 46.4 Å². The zero-order valence-electron chi connectivity index (χ0n) is 11.1. The number of amides is 1. The van der Waals surface area contributed by atoms with Gasteiger partial charge in [0.1, 0.15) is 0 Å². The van der Waals surface area contributed by atoms with Gasteiger partial charge in [-0.05, 0) is 12.1 Å². The van der Waals surface area contributed by atoms with Crippen molar-refractivity contribution in [2.24, 2.45) is 0 Å². The molecule has 0 radical (unpaired) electrons. The summed E-state index contributed by atoms with van der Waals surface area (Å²) in [5, 5.41) is 5.92. The molecule has 0 fully saturated rings. The van der Waals surface area contributed by atoms with Crippen LogP contribution in [0.1, 0.15) is 15.4 Å². The monoisotopic (exact) mass is 275 g/mol. The topological polar surface area (TPSA) is 45.2 Å². The van der Waals surface area contributed by atoms with Crippen LogP contribution in [0.5, 0.6) is 0 Å². The van der Waals surface area contributed by atoms with Crippen LogP contribution in [-0.4, -0.2) is 31.5 Å². The Hall–Kier alpha value is -1.88. The van der Waals surface area contributed by atoms with Crippen LogP contribution >= 0.6 is 11.3 Å². The number of rotatable bonds is 5. The summed E-state index contributed by atoms with van der Waals surface area (Å²) in [5.74, 6) is -0.0409. The molecule has 1 amide bonds. The standard InChI is InChI=1S/C14H17N3OS/c1-17(2)12-6-4-3-5-11(12)14(18)16-8-7-13-15-9-10-19-13/h3-6,9-10H,7-8H2,1-2H3,(H,16,18). The van der Waals surface area contributed by atoms with Gasteiger partial charge >= 0.3 is 0 Å². The predicted molar refractivity (Wildman–Crippen MR) is 78.9 cm³/mol. The Kier molecular flexibility index (Phi) is 4.52. The Balaban J connectivity index is 1.96. The molecule has 0 saturated carbocycles. The molecule has 19 heavy (non-hydrogen) atoms. The van der Waals surface area contributed by atoms with Crippen molar-refractivity contribution < 1.29 is 4.79 Å². The molecule has 2 rings (SSSR count). The molecule has 1 N–H and O–H groups in total. The number of thiazole rings is 1. The van der Waals surface area contributed by atoms with Gasteiger partial charge in [0.05, 0.1) is 10.6 Å². The maximum Gasteiger partial charge on any atom is 0.253 e. The third-order valence-corrected chi connectivity index (χ3v) is 3.58. The van der Waals surface area contributed by atoms with Gasteiger partial charge in [-0.2, -0.15) is 0 Å². The van der Waals surface area contributed by atoms with E-state index in [1.54, 1.807) is 17.5 Å². The lowest BCUT2D eigenvalue weighted by Gasteiger charge is -2.16. The van der Waals surface area contributed by atoms with Crippen molar-refractivity contribution in [3.63, 3.8) is 0 Å². The normalized spacial score (nSPS) is 10.2. The molecule has 1 aromatic carbocycles. The van der Waals surface area contributed by atoms with E-state index in [1.807, 2.05) is 48.6 Å². The molecule has 0 bridgehead atoms. The summed E-state index contributed by atoms with van der Waals surface area (Å²) in [5.41, 5.74) is 1.63. The second-order valence-corrected chi connectivity index (χ2v) is 5.32. The maximum atomic E-state index is 12.1. The van der Waals surface area contributed by atoms with Crippen LogP contribution in [0.25, 0.3) is 0 Å². The van der Waals surface area contributed by atoms with Crippen LogP contribution in [0, 0.1) is 0 Å². The van der Waals surface area contributed by atoms with Crippen LogP contribution < -0.4 is 10.2 Å². The fourth-order valence-electron chi connectivity index (χ4n) is 1.81. The van der Waals surface area contributed by atoms with E-state index < -0.39 is 0 Å². The molecule has 0 atom stereocenters. The summed E-state index contributed by atoms with van der Waals surface area (Å²) < 4.78 is 0. The number of hydrogen-bond acceptors (Lipinski definition) is 4. The van der Waals surface area contributed by atoms with Crippen LogP contribution in [0.3, 0.4) is 0 Å². The molecule has 5 heteroatoms. The second kappa shape index (κ2) is 6.33. The van der Waals surface area contributed by atoms with Gasteiger partial charge in [0.15, 0.2) is 0 Å². The molecule has 0 aliphatic rings. The van der Waals surface area contributed by atoms with E-state index in [9.17, 15) is 4.79 Å². The van der Waals surface area contributed by atoms with Crippen molar-refractivity contribution in [2.45, 2.75) is 6.42 Å². The van der Waals surface area contributed by atoms with Gasteiger partial charge in [-0.3, -0.25) is 4.79 Å². The average molecular weight is 275 g/mol. The van der Waals surface area contributed by atoms with Crippen molar-refractivity contribution in [1.82, 2.24) is 10.3 Å². The minimum absolute atomic E-state index is 0.0409. The van der Waals surface area contributed by atoms with Gasteiger partial charge in [-0.15, -0.1) is 11.3 Å². The lowest BCUT2D eigenvalue weighted by atomic mass is 10.1. The molecule has 4 nitrogen and oxygen atoms in total. The van der Waals surface area contributed by atoms with Gasteiger partial charge in [0.2, 0.25) is 0 Å². The number of para-hydroxylation sites is 1. The minimum Gasteiger partial charge on any atom is -0.377 e. The molecule has 0 spiro atoms. The molecule has 1 aromatic heterocycles. The highest BCUT2D eigenvalue weighted by Gasteiger charge is 2.11. The SMILES string of the molecule is CN(C)c1ccccc1C(=O)NCCc1nccs1. The van der Waals surface area contributed by atoms with Crippen LogP contribution in [0.15, 0.2) is 35.8 Å². The number of anilines is 1. The highest BCUT2D eigenvalue weighted by atomic mass is 32.1. The van der Waals surface area contributed by atoms with Crippen LogP contribution in [0.4, 0.5) is 5.69 Å². The Morgan fingerprint density at radius 2 is 2.16 bits per heavy atom. The summed E-state index contributed by atoms with van der Waals surface area (Å²) in [6.45, 7) is 0.605. The number of aromatic nitrogens is 1. The summed E-state index contributed by atoms with van der Waals surface area (Å²) >= 11 is 1.61. The summed E-state index contributed by atoms with van der Waals surface area (Å²) in [6.07, 6.45) is 2.55. The second-order valence-electron chi connectivity index (χ2n) is 4.34. The Morgan fingerprint density at radius 1 is 1.37 bits per heavy atom. The first-order chi connectivity index (χ1) is 9.18. The third kappa shape index (κ3) is 3.54. The quantitative estimate of drug-likeness (QED) is 0.909. The molecule has 100 valence electrons. The lowest BCUT2D eigenvalue weighted by molar-refractivity contribution is 0.0954. The lowest BCUT2D eigenvalue weighted by Crippen LogP contribution is -2.27. The largest absolute Gasteiger partial charge is 0.377 e. The number of carbonyl (C=O) groups is 1. The fraction of sp³-hybridized carbons (Fsp3) is 0.286. The van der Waals surface area contributed by atoms with E-state index >= 15 is 0 Å². The zero-order valence-corrected chi connectivity index (χ0v) is 11.9. The van der Waals surface area contributed by atoms with Gasteiger partial charge < -0.3 is 10.2 Å². The fourth-order valence-corrected chi connectivity index (χ4v) is 2.43. The van der Waals surface area contributed by atoms with Crippen LogP contribution in [0.2, 0.25) is 0 Å². The van der Waals surface area contributed by atoms with Crippen molar-refractivity contribution >= 4 is 22.9 Å². The smallest absolute Gasteiger partial charge is 0.253 e. The highest BCUT2D eigenvalue weighted by Crippen LogP contribution is 2.17. The summed E-state index contributed by atoms with van der Waals surface area (Å²) in [6, 6.07) is 7.59. The first kappa shape index (κ1) is 13.5. The molecule has 0 aliphatic carbocycles. The van der Waals surface area contributed by atoms with Crippen molar-refractivity contribution in [3.8, 4) is 0 Å². The molecule has 0 aliphatic heterocycles. The summed E-state index contributed by atoms with van der Waals surface area (Å²) in [4.78, 5) is 18.3. The van der Waals surface area contributed by atoms with E-state index in [-0.39, 0.29) is 5.91 Å². The Labute approximate surface area is 117 Å². The number of carbonyl (C=O) groups excluding carboxylic acids is 1. The first-order valence-electron chi connectivity index (χ1n) is 6.11. The number of benzene rings is 1. The molecule has 0 unspecified atom stereocenters. The van der Waals surface area contributed by atoms with Gasteiger partial charge in [0.25, 0.3) is 5.91 Å². The number of nitrogens with zero attached hydrogens (tertiary/aromatic N) is 2. The van der Waals surface area contributed by atoms with E-state index in [4.69, 9.17) is 0 Å².